The summed E-state index contributed by atoms with van der Waals surface area (Å²) in [5, 5.41) is 13.4. The lowest BCUT2D eigenvalue weighted by molar-refractivity contribution is -0.137. The second kappa shape index (κ2) is 7.94. The van der Waals surface area contributed by atoms with E-state index in [1.54, 1.807) is 12.1 Å². The van der Waals surface area contributed by atoms with Gasteiger partial charge in [-0.3, -0.25) is 9.59 Å². The number of para-hydroxylation sites is 1. The molecule has 0 spiro atoms. The largest absolute Gasteiger partial charge is 0.480 e. The van der Waals surface area contributed by atoms with Gasteiger partial charge in [0.25, 0.3) is 0 Å². The van der Waals surface area contributed by atoms with Gasteiger partial charge in [0.2, 0.25) is 5.91 Å². The molecule has 5 nitrogen and oxygen atoms in total. The van der Waals surface area contributed by atoms with E-state index in [4.69, 9.17) is 0 Å². The zero-order chi connectivity index (χ0) is 21.3. The summed E-state index contributed by atoms with van der Waals surface area (Å²) in [6.07, 6.45) is 3.46. The van der Waals surface area contributed by atoms with E-state index in [1.807, 2.05) is 28.8 Å². The predicted molar refractivity (Wildman–Crippen MR) is 114 cm³/mol. The van der Waals surface area contributed by atoms with Gasteiger partial charge in [-0.05, 0) is 61.6 Å². The molecule has 4 rings (SSSR count). The first-order chi connectivity index (χ1) is 14.4. The molecule has 0 saturated carbocycles. The van der Waals surface area contributed by atoms with Crippen molar-refractivity contribution in [3.63, 3.8) is 0 Å². The molecule has 1 aliphatic carbocycles. The highest BCUT2D eigenvalue weighted by Gasteiger charge is 2.42. The molecule has 3 aromatic rings. The average Bonchev–Trinajstić information content (AvgIpc) is 3.02. The first-order valence-electron chi connectivity index (χ1n) is 10.3. The van der Waals surface area contributed by atoms with Crippen molar-refractivity contribution in [2.75, 3.05) is 5.32 Å². The van der Waals surface area contributed by atoms with Gasteiger partial charge in [0.15, 0.2) is 0 Å². The van der Waals surface area contributed by atoms with Crippen LogP contribution in [0.2, 0.25) is 0 Å². The number of nitrogens with one attached hydrogen (secondary N) is 1. The molecule has 1 atom stereocenters. The number of carboxylic acids is 1. The highest BCUT2D eigenvalue weighted by molar-refractivity contribution is 5.97. The van der Waals surface area contributed by atoms with E-state index in [2.05, 4.69) is 12.2 Å². The van der Waals surface area contributed by atoms with Crippen molar-refractivity contribution < 1.29 is 19.1 Å². The lowest BCUT2D eigenvalue weighted by atomic mass is 9.69. The molecule has 2 aromatic carbocycles. The minimum absolute atomic E-state index is 0.0586. The zero-order valence-corrected chi connectivity index (χ0v) is 17.0. The Hall–Kier alpha value is -3.15. The molecular formula is C24H25FN2O3. The van der Waals surface area contributed by atoms with Crippen molar-refractivity contribution in [2.45, 2.75) is 45.6 Å². The number of anilines is 1. The van der Waals surface area contributed by atoms with Crippen LogP contribution >= 0.6 is 0 Å². The number of rotatable bonds is 6. The molecule has 0 radical (unpaired) electrons. The Morgan fingerprint density at radius 1 is 1.17 bits per heavy atom. The van der Waals surface area contributed by atoms with E-state index < -0.39 is 11.4 Å². The van der Waals surface area contributed by atoms with Crippen LogP contribution < -0.4 is 5.32 Å². The number of fused-ring (bicyclic) bond motifs is 3. The van der Waals surface area contributed by atoms with E-state index in [0.717, 1.165) is 35.0 Å². The number of halogens is 1. The fourth-order valence-electron chi connectivity index (χ4n) is 4.81. The zero-order valence-electron chi connectivity index (χ0n) is 17.0. The maximum absolute atomic E-state index is 13.4. The highest BCUT2D eigenvalue weighted by Crippen LogP contribution is 2.44. The molecule has 0 aliphatic heterocycles. The van der Waals surface area contributed by atoms with Gasteiger partial charge in [-0.2, -0.15) is 0 Å². The van der Waals surface area contributed by atoms with Crippen LogP contribution in [0, 0.1) is 11.2 Å². The monoisotopic (exact) mass is 408 g/mol. The maximum Gasteiger partial charge on any atom is 0.323 e. The third kappa shape index (κ3) is 3.58. The Morgan fingerprint density at radius 3 is 2.60 bits per heavy atom. The number of nitrogens with zero attached hydrogens (tertiary/aromatic N) is 1. The number of carbonyl (C=O) groups excluding carboxylic acids is 1. The van der Waals surface area contributed by atoms with E-state index in [0.29, 0.717) is 24.9 Å². The summed E-state index contributed by atoms with van der Waals surface area (Å²) in [5.41, 5.74) is 2.99. The van der Waals surface area contributed by atoms with Crippen molar-refractivity contribution in [1.29, 1.82) is 0 Å². The number of amides is 1. The number of aromatic nitrogens is 1. The molecule has 0 saturated heterocycles. The Bertz CT molecular complexity index is 1100. The quantitative estimate of drug-likeness (QED) is 0.617. The molecule has 156 valence electrons. The smallest absolute Gasteiger partial charge is 0.323 e. The molecule has 1 aromatic heterocycles. The Morgan fingerprint density at radius 2 is 1.90 bits per heavy atom. The Balaban J connectivity index is 1.72. The lowest BCUT2D eigenvalue weighted by Crippen LogP contribution is -2.41. The topological polar surface area (TPSA) is 71.3 Å². The second-order valence-electron chi connectivity index (χ2n) is 8.09. The Kier molecular flexibility index (Phi) is 5.33. The minimum Gasteiger partial charge on any atom is -0.480 e. The fraction of sp³-hybridized carbons (Fsp3) is 0.333. The molecule has 1 amide bonds. The number of carbonyl (C=O) groups is 2. The molecule has 0 bridgehead atoms. The van der Waals surface area contributed by atoms with Gasteiger partial charge in [-0.25, -0.2) is 4.39 Å². The molecule has 1 heterocycles. The summed E-state index contributed by atoms with van der Waals surface area (Å²) >= 11 is 0. The van der Waals surface area contributed by atoms with Gasteiger partial charge in [0.05, 0.1) is 5.41 Å². The standard InChI is InChI=1S/C24H25FN2O3/c1-2-12-24(23(30)26-17-9-7-16(25)8-10-17)13-11-21-19(14-24)18-5-3-4-6-20(18)27(21)15-22(28)29/h3-10H,2,11-15H2,1H3,(H,26,30)(H,28,29). The van der Waals surface area contributed by atoms with Gasteiger partial charge in [-0.15, -0.1) is 0 Å². The van der Waals surface area contributed by atoms with Crippen molar-refractivity contribution >= 4 is 28.5 Å². The first kappa shape index (κ1) is 20.1. The summed E-state index contributed by atoms with van der Waals surface area (Å²) in [7, 11) is 0. The Labute approximate surface area is 174 Å². The van der Waals surface area contributed by atoms with Gasteiger partial charge in [0.1, 0.15) is 12.4 Å². The van der Waals surface area contributed by atoms with E-state index in [-0.39, 0.29) is 18.3 Å². The second-order valence-corrected chi connectivity index (χ2v) is 8.09. The van der Waals surface area contributed by atoms with Crippen LogP contribution in [0.1, 0.15) is 37.4 Å². The number of benzene rings is 2. The van der Waals surface area contributed by atoms with Gasteiger partial charge >= 0.3 is 5.97 Å². The highest BCUT2D eigenvalue weighted by atomic mass is 19.1. The molecular weight excluding hydrogens is 383 g/mol. The van der Waals surface area contributed by atoms with Crippen molar-refractivity contribution in [2.24, 2.45) is 5.41 Å². The summed E-state index contributed by atoms with van der Waals surface area (Å²) < 4.78 is 15.1. The number of aliphatic carboxylic acids is 1. The normalized spacial score (nSPS) is 18.2. The summed E-state index contributed by atoms with van der Waals surface area (Å²) in [4.78, 5) is 24.8. The van der Waals surface area contributed by atoms with Gasteiger partial charge < -0.3 is 15.0 Å². The van der Waals surface area contributed by atoms with Crippen LogP contribution in [0.5, 0.6) is 0 Å². The van der Waals surface area contributed by atoms with E-state index in [9.17, 15) is 19.1 Å². The van der Waals surface area contributed by atoms with Crippen molar-refractivity contribution in [3.8, 4) is 0 Å². The number of carboxylic acid groups (broad SMARTS) is 1. The van der Waals surface area contributed by atoms with Crippen LogP contribution in [0.4, 0.5) is 10.1 Å². The molecule has 6 heteroatoms. The third-order valence-electron chi connectivity index (χ3n) is 6.16. The van der Waals surface area contributed by atoms with Crippen molar-refractivity contribution in [1.82, 2.24) is 4.57 Å². The predicted octanol–water partition coefficient (Wildman–Crippen LogP) is 4.78. The third-order valence-corrected chi connectivity index (χ3v) is 6.16. The van der Waals surface area contributed by atoms with Crippen LogP contribution in [-0.4, -0.2) is 21.6 Å². The van der Waals surface area contributed by atoms with E-state index >= 15 is 0 Å². The molecule has 0 fully saturated rings. The molecule has 30 heavy (non-hydrogen) atoms. The van der Waals surface area contributed by atoms with Gasteiger partial charge in [-0.1, -0.05) is 31.5 Å². The molecule has 1 unspecified atom stereocenters. The minimum atomic E-state index is -0.877. The van der Waals surface area contributed by atoms with Crippen LogP contribution in [-0.2, 0) is 29.0 Å². The van der Waals surface area contributed by atoms with Crippen LogP contribution in [0.3, 0.4) is 0 Å². The average molecular weight is 408 g/mol. The molecule has 2 N–H and O–H groups in total. The number of hydrogen-bond donors (Lipinski definition) is 2. The summed E-state index contributed by atoms with van der Waals surface area (Å²) in [6, 6.07) is 13.6. The van der Waals surface area contributed by atoms with Crippen LogP contribution in [0.15, 0.2) is 48.5 Å². The SMILES string of the molecule is CCCC1(C(=O)Nc2ccc(F)cc2)CCc2c(c3ccccc3n2CC(=O)O)C1. The molecule has 1 aliphatic rings. The van der Waals surface area contributed by atoms with Crippen molar-refractivity contribution in [3.05, 3.63) is 65.6 Å². The maximum atomic E-state index is 13.4. The summed E-state index contributed by atoms with van der Waals surface area (Å²) in [6.45, 7) is 1.98. The summed E-state index contributed by atoms with van der Waals surface area (Å²) in [5.74, 6) is -1.28. The van der Waals surface area contributed by atoms with E-state index in [1.165, 1.54) is 12.1 Å². The first-order valence-corrected chi connectivity index (χ1v) is 10.3. The number of hydrogen-bond acceptors (Lipinski definition) is 2. The van der Waals surface area contributed by atoms with Gasteiger partial charge in [0, 0.05) is 22.3 Å². The van der Waals surface area contributed by atoms with Crippen LogP contribution in [0.25, 0.3) is 10.9 Å². The lowest BCUT2D eigenvalue weighted by Gasteiger charge is -2.36. The fourth-order valence-corrected chi connectivity index (χ4v) is 4.81.